The number of hydrogen-bond donors (Lipinski definition) is 1. The number of anilines is 1. The zero-order valence-corrected chi connectivity index (χ0v) is 11.8. The summed E-state index contributed by atoms with van der Waals surface area (Å²) in [7, 11) is 0. The Morgan fingerprint density at radius 2 is 2.25 bits per heavy atom. The number of halogens is 2. The van der Waals surface area contributed by atoms with Crippen molar-refractivity contribution in [2.24, 2.45) is 5.92 Å². The zero-order valence-electron chi connectivity index (χ0n) is 8.63. The summed E-state index contributed by atoms with van der Waals surface area (Å²) >= 11 is 6.65. The van der Waals surface area contributed by atoms with Gasteiger partial charge in [-0.1, -0.05) is 22.9 Å². The summed E-state index contributed by atoms with van der Waals surface area (Å²) in [4.78, 5) is 11.7. The highest BCUT2D eigenvalue weighted by Crippen LogP contribution is 2.26. The van der Waals surface area contributed by atoms with E-state index in [1.165, 1.54) is 0 Å². The predicted octanol–water partition coefficient (Wildman–Crippen LogP) is 3.70. The second-order valence-corrected chi connectivity index (χ2v) is 4.97. The van der Waals surface area contributed by atoms with E-state index in [1.807, 2.05) is 25.1 Å². The van der Waals surface area contributed by atoms with Gasteiger partial charge in [0, 0.05) is 8.95 Å². The van der Waals surface area contributed by atoms with Crippen LogP contribution >= 0.6 is 31.9 Å². The molecule has 1 amide bonds. The van der Waals surface area contributed by atoms with E-state index in [1.54, 1.807) is 6.07 Å². The fraction of sp³-hybridized carbons (Fsp3) is 0.273. The van der Waals surface area contributed by atoms with Crippen molar-refractivity contribution < 1.29 is 4.79 Å². The molecule has 1 aromatic carbocycles. The molecule has 0 heterocycles. The fourth-order valence-corrected chi connectivity index (χ4v) is 1.86. The third-order valence-electron chi connectivity index (χ3n) is 2.07. The van der Waals surface area contributed by atoms with Crippen molar-refractivity contribution in [1.29, 1.82) is 5.26 Å². The van der Waals surface area contributed by atoms with Crippen molar-refractivity contribution in [1.82, 2.24) is 0 Å². The highest BCUT2D eigenvalue weighted by Gasteiger charge is 2.16. The number of benzene rings is 1. The molecule has 1 rings (SSSR count). The van der Waals surface area contributed by atoms with Crippen molar-refractivity contribution in [2.45, 2.75) is 13.3 Å². The Labute approximate surface area is 111 Å². The van der Waals surface area contributed by atoms with E-state index in [0.717, 1.165) is 8.95 Å². The lowest BCUT2D eigenvalue weighted by atomic mass is 10.1. The molecule has 0 aliphatic carbocycles. The van der Waals surface area contributed by atoms with Crippen molar-refractivity contribution in [3.63, 3.8) is 0 Å². The van der Waals surface area contributed by atoms with Crippen LogP contribution in [0.2, 0.25) is 0 Å². The normalized spacial score (nSPS) is 11.6. The first-order chi connectivity index (χ1) is 7.58. The van der Waals surface area contributed by atoms with Crippen LogP contribution in [0.5, 0.6) is 0 Å². The van der Waals surface area contributed by atoms with Gasteiger partial charge in [-0.05, 0) is 40.5 Å². The molecule has 0 aliphatic heterocycles. The average molecular weight is 346 g/mol. The van der Waals surface area contributed by atoms with E-state index in [4.69, 9.17) is 5.26 Å². The topological polar surface area (TPSA) is 52.9 Å². The van der Waals surface area contributed by atoms with Crippen molar-refractivity contribution >= 4 is 43.5 Å². The highest BCUT2D eigenvalue weighted by atomic mass is 79.9. The zero-order chi connectivity index (χ0) is 12.1. The van der Waals surface area contributed by atoms with Gasteiger partial charge in [-0.15, -0.1) is 0 Å². The third kappa shape index (κ3) is 3.32. The molecule has 0 saturated carbocycles. The lowest BCUT2D eigenvalue weighted by Crippen LogP contribution is -2.21. The summed E-state index contributed by atoms with van der Waals surface area (Å²) < 4.78 is 1.66. The number of nitrogens with zero attached hydrogens (tertiary/aromatic N) is 1. The van der Waals surface area contributed by atoms with Crippen molar-refractivity contribution in [3.8, 4) is 6.07 Å². The molecular formula is C11H10Br2N2O. The number of nitriles is 1. The first kappa shape index (κ1) is 13.2. The van der Waals surface area contributed by atoms with Gasteiger partial charge in [0.2, 0.25) is 5.91 Å². The molecule has 0 spiro atoms. The molecule has 1 aromatic rings. The minimum Gasteiger partial charge on any atom is -0.324 e. The van der Waals surface area contributed by atoms with E-state index in [2.05, 4.69) is 37.2 Å². The smallest absolute Gasteiger partial charge is 0.241 e. The second kappa shape index (κ2) is 6.02. The van der Waals surface area contributed by atoms with Gasteiger partial charge in [0.25, 0.3) is 0 Å². The van der Waals surface area contributed by atoms with Gasteiger partial charge in [0.15, 0.2) is 0 Å². The molecule has 5 heteroatoms. The Morgan fingerprint density at radius 1 is 1.56 bits per heavy atom. The average Bonchev–Trinajstić information content (AvgIpc) is 2.25. The number of carbonyl (C=O) groups excluding carboxylic acids is 1. The van der Waals surface area contributed by atoms with Crippen LogP contribution < -0.4 is 5.32 Å². The van der Waals surface area contributed by atoms with Crippen LogP contribution in [0.4, 0.5) is 5.69 Å². The van der Waals surface area contributed by atoms with Gasteiger partial charge in [-0.25, -0.2) is 0 Å². The van der Waals surface area contributed by atoms with E-state index in [-0.39, 0.29) is 5.91 Å². The number of amides is 1. The molecule has 3 nitrogen and oxygen atoms in total. The lowest BCUT2D eigenvalue weighted by Gasteiger charge is -2.10. The predicted molar refractivity (Wildman–Crippen MR) is 69.9 cm³/mol. The Kier molecular flexibility index (Phi) is 4.97. The number of rotatable bonds is 3. The van der Waals surface area contributed by atoms with Crippen LogP contribution in [0.1, 0.15) is 13.3 Å². The molecule has 1 atom stereocenters. The van der Waals surface area contributed by atoms with Crippen LogP contribution in [-0.4, -0.2) is 5.91 Å². The molecular weight excluding hydrogens is 336 g/mol. The third-order valence-corrected chi connectivity index (χ3v) is 3.25. The summed E-state index contributed by atoms with van der Waals surface area (Å²) in [5.74, 6) is -0.880. The minimum atomic E-state index is -0.606. The van der Waals surface area contributed by atoms with Gasteiger partial charge in [-0.2, -0.15) is 5.26 Å². The molecule has 0 radical (unpaired) electrons. The van der Waals surface area contributed by atoms with Gasteiger partial charge >= 0.3 is 0 Å². The number of carbonyl (C=O) groups is 1. The summed E-state index contributed by atoms with van der Waals surface area (Å²) in [6, 6.07) is 7.44. The summed E-state index contributed by atoms with van der Waals surface area (Å²) in [5, 5.41) is 11.5. The Bertz CT molecular complexity index is 440. The quantitative estimate of drug-likeness (QED) is 0.908. The molecule has 1 N–H and O–H groups in total. The molecule has 0 bridgehead atoms. The first-order valence-corrected chi connectivity index (χ1v) is 6.32. The molecule has 0 aromatic heterocycles. The van der Waals surface area contributed by atoms with Crippen LogP contribution in [0.3, 0.4) is 0 Å². The van der Waals surface area contributed by atoms with E-state index in [0.29, 0.717) is 12.1 Å². The largest absolute Gasteiger partial charge is 0.324 e. The maximum atomic E-state index is 11.7. The molecule has 0 fully saturated rings. The molecule has 16 heavy (non-hydrogen) atoms. The Balaban J connectivity index is 2.85. The number of nitrogens with one attached hydrogen (secondary N) is 1. The van der Waals surface area contributed by atoms with Crippen LogP contribution in [0.25, 0.3) is 0 Å². The minimum absolute atomic E-state index is 0.274. The molecule has 84 valence electrons. The molecule has 0 aliphatic rings. The van der Waals surface area contributed by atoms with E-state index < -0.39 is 5.92 Å². The number of hydrogen-bond acceptors (Lipinski definition) is 2. The standard InChI is InChI=1S/C11H10Br2N2O/c1-2-7(6-14)11(16)15-10-5-8(12)3-4-9(10)13/h3-5,7H,2H2,1H3,(H,15,16). The van der Waals surface area contributed by atoms with Gasteiger partial charge in [0.1, 0.15) is 5.92 Å². The van der Waals surface area contributed by atoms with Gasteiger partial charge in [0.05, 0.1) is 11.8 Å². The van der Waals surface area contributed by atoms with Crippen LogP contribution in [0.15, 0.2) is 27.1 Å². The second-order valence-electron chi connectivity index (χ2n) is 3.20. The summed E-state index contributed by atoms with van der Waals surface area (Å²) in [5.41, 5.74) is 0.660. The van der Waals surface area contributed by atoms with Crippen LogP contribution in [0, 0.1) is 17.2 Å². The van der Waals surface area contributed by atoms with Gasteiger partial charge in [-0.3, -0.25) is 4.79 Å². The maximum Gasteiger partial charge on any atom is 0.241 e. The Hall–Kier alpha value is -0.860. The fourth-order valence-electron chi connectivity index (χ4n) is 1.15. The molecule has 0 saturated heterocycles. The van der Waals surface area contributed by atoms with E-state index in [9.17, 15) is 4.79 Å². The van der Waals surface area contributed by atoms with Crippen molar-refractivity contribution in [2.75, 3.05) is 5.32 Å². The lowest BCUT2D eigenvalue weighted by molar-refractivity contribution is -0.118. The van der Waals surface area contributed by atoms with E-state index >= 15 is 0 Å². The molecule has 1 unspecified atom stereocenters. The summed E-state index contributed by atoms with van der Waals surface area (Å²) in [6.07, 6.45) is 0.508. The Morgan fingerprint density at radius 3 is 2.81 bits per heavy atom. The SMILES string of the molecule is CCC(C#N)C(=O)Nc1cc(Br)ccc1Br. The highest BCUT2D eigenvalue weighted by molar-refractivity contribution is 9.11. The van der Waals surface area contributed by atoms with Crippen molar-refractivity contribution in [3.05, 3.63) is 27.1 Å². The van der Waals surface area contributed by atoms with Crippen LogP contribution in [-0.2, 0) is 4.79 Å². The maximum absolute atomic E-state index is 11.7. The monoisotopic (exact) mass is 344 g/mol. The van der Waals surface area contributed by atoms with Gasteiger partial charge < -0.3 is 5.32 Å². The first-order valence-electron chi connectivity index (χ1n) is 4.74. The summed E-state index contributed by atoms with van der Waals surface area (Å²) in [6.45, 7) is 1.81.